The molecule has 2 rings (SSSR count). The molecule has 0 saturated heterocycles. The third kappa shape index (κ3) is 4.31. The zero-order valence-electron chi connectivity index (χ0n) is 11.5. The number of amides is 1. The zero-order chi connectivity index (χ0) is 14.9. The lowest BCUT2D eigenvalue weighted by atomic mass is 10.0. The van der Waals surface area contributed by atoms with Gasteiger partial charge in [0.25, 0.3) is 0 Å². The molecule has 0 radical (unpaired) electrons. The molecule has 2 aromatic carbocycles. The van der Waals surface area contributed by atoms with Crippen LogP contribution < -0.4 is 5.32 Å². The molecular weight excluding hydrogens is 264 g/mol. The number of hydrogen-bond donors (Lipinski definition) is 1. The van der Waals surface area contributed by atoms with E-state index in [1.807, 2.05) is 60.7 Å². The van der Waals surface area contributed by atoms with Gasteiger partial charge >= 0.3 is 6.09 Å². The Morgan fingerprint density at radius 2 is 1.57 bits per heavy atom. The molecule has 0 bridgehead atoms. The maximum atomic E-state index is 11.5. The second-order valence-electron chi connectivity index (χ2n) is 4.22. The van der Waals surface area contributed by atoms with E-state index in [0.29, 0.717) is 12.3 Å². The number of oxime groups is 1. The van der Waals surface area contributed by atoms with Crippen molar-refractivity contribution in [3.63, 3.8) is 0 Å². The van der Waals surface area contributed by atoms with Gasteiger partial charge in [-0.2, -0.15) is 0 Å². The van der Waals surface area contributed by atoms with Gasteiger partial charge in [-0.15, -0.1) is 6.58 Å². The molecule has 0 atom stereocenters. The summed E-state index contributed by atoms with van der Waals surface area (Å²) in [4.78, 5) is 16.4. The molecule has 1 amide bonds. The summed E-state index contributed by atoms with van der Waals surface area (Å²) in [7, 11) is 0. The fourth-order valence-corrected chi connectivity index (χ4v) is 1.74. The summed E-state index contributed by atoms with van der Waals surface area (Å²) in [6.07, 6.45) is 0.958. The van der Waals surface area contributed by atoms with E-state index >= 15 is 0 Å². The summed E-state index contributed by atoms with van der Waals surface area (Å²) < 4.78 is 0. The van der Waals surface area contributed by atoms with Crippen LogP contribution >= 0.6 is 0 Å². The molecule has 4 heteroatoms. The highest BCUT2D eigenvalue weighted by molar-refractivity contribution is 6.12. The number of carbonyl (C=O) groups is 1. The summed E-state index contributed by atoms with van der Waals surface area (Å²) in [5, 5.41) is 6.49. The highest BCUT2D eigenvalue weighted by atomic mass is 16.7. The molecule has 0 spiro atoms. The SMILES string of the molecule is C=CCNC(=O)ON=C(c1ccccc1)c1ccccc1. The third-order valence-electron chi connectivity index (χ3n) is 2.71. The highest BCUT2D eigenvalue weighted by Crippen LogP contribution is 2.11. The molecule has 0 aromatic heterocycles. The first-order valence-electron chi connectivity index (χ1n) is 6.56. The molecule has 0 unspecified atom stereocenters. The Morgan fingerprint density at radius 3 is 2.05 bits per heavy atom. The number of nitrogens with zero attached hydrogens (tertiary/aromatic N) is 1. The van der Waals surface area contributed by atoms with Crippen LogP contribution in [0.25, 0.3) is 0 Å². The van der Waals surface area contributed by atoms with E-state index in [0.717, 1.165) is 11.1 Å². The summed E-state index contributed by atoms with van der Waals surface area (Å²) in [6.45, 7) is 3.85. The van der Waals surface area contributed by atoms with Gasteiger partial charge in [0.2, 0.25) is 0 Å². The first-order valence-corrected chi connectivity index (χ1v) is 6.56. The van der Waals surface area contributed by atoms with Crippen molar-refractivity contribution in [2.75, 3.05) is 6.54 Å². The van der Waals surface area contributed by atoms with Crippen LogP contribution in [-0.2, 0) is 4.84 Å². The van der Waals surface area contributed by atoms with Crippen LogP contribution in [0.2, 0.25) is 0 Å². The quantitative estimate of drug-likeness (QED) is 0.395. The normalized spacial score (nSPS) is 9.52. The third-order valence-corrected chi connectivity index (χ3v) is 2.71. The van der Waals surface area contributed by atoms with E-state index in [-0.39, 0.29) is 0 Å². The number of hydrogen-bond acceptors (Lipinski definition) is 3. The zero-order valence-corrected chi connectivity index (χ0v) is 11.5. The largest absolute Gasteiger partial charge is 0.433 e. The van der Waals surface area contributed by atoms with Gasteiger partial charge in [0.1, 0.15) is 5.71 Å². The molecule has 0 aliphatic carbocycles. The van der Waals surface area contributed by atoms with E-state index in [4.69, 9.17) is 4.84 Å². The fraction of sp³-hybridized carbons (Fsp3) is 0.0588. The van der Waals surface area contributed by atoms with Gasteiger partial charge in [-0.1, -0.05) is 71.9 Å². The van der Waals surface area contributed by atoms with Gasteiger partial charge in [-0.05, 0) is 0 Å². The summed E-state index contributed by atoms with van der Waals surface area (Å²) >= 11 is 0. The monoisotopic (exact) mass is 280 g/mol. The lowest BCUT2D eigenvalue weighted by Gasteiger charge is -2.06. The van der Waals surface area contributed by atoms with Crippen molar-refractivity contribution in [3.8, 4) is 0 Å². The van der Waals surface area contributed by atoms with E-state index in [1.54, 1.807) is 6.08 Å². The van der Waals surface area contributed by atoms with E-state index in [2.05, 4.69) is 17.1 Å². The number of nitrogens with one attached hydrogen (secondary N) is 1. The molecule has 0 fully saturated rings. The predicted molar refractivity (Wildman–Crippen MR) is 83.2 cm³/mol. The molecule has 0 heterocycles. The minimum atomic E-state index is -0.612. The predicted octanol–water partition coefficient (Wildman–Crippen LogP) is 3.35. The van der Waals surface area contributed by atoms with E-state index < -0.39 is 6.09 Å². The van der Waals surface area contributed by atoms with Crippen LogP contribution in [0.5, 0.6) is 0 Å². The highest BCUT2D eigenvalue weighted by Gasteiger charge is 2.08. The molecule has 1 N–H and O–H groups in total. The summed E-state index contributed by atoms with van der Waals surface area (Å²) in [6, 6.07) is 19.1. The first-order chi connectivity index (χ1) is 10.3. The standard InChI is InChI=1S/C17H16N2O2/c1-2-13-18-17(20)21-19-16(14-9-5-3-6-10-14)15-11-7-4-8-12-15/h2-12H,1,13H2,(H,18,20). The smallest absolute Gasteiger partial charge is 0.316 e. The molecule has 0 aliphatic heterocycles. The van der Waals surface area contributed by atoms with Crippen molar-refractivity contribution in [2.45, 2.75) is 0 Å². The molecule has 21 heavy (non-hydrogen) atoms. The summed E-state index contributed by atoms with van der Waals surface area (Å²) in [5.41, 5.74) is 2.35. The molecular formula is C17H16N2O2. The average molecular weight is 280 g/mol. The van der Waals surface area contributed by atoms with Crippen LogP contribution in [0, 0.1) is 0 Å². The van der Waals surface area contributed by atoms with Crippen LogP contribution in [-0.4, -0.2) is 18.3 Å². The van der Waals surface area contributed by atoms with Crippen LogP contribution in [0.3, 0.4) is 0 Å². The summed E-state index contributed by atoms with van der Waals surface area (Å²) in [5.74, 6) is 0. The second kappa shape index (κ2) is 7.65. The minimum Gasteiger partial charge on any atom is -0.316 e. The lowest BCUT2D eigenvalue weighted by molar-refractivity contribution is 0.152. The van der Waals surface area contributed by atoms with Crippen LogP contribution in [0.4, 0.5) is 4.79 Å². The maximum Gasteiger partial charge on any atom is 0.433 e. The molecule has 0 saturated carbocycles. The lowest BCUT2D eigenvalue weighted by Crippen LogP contribution is -2.23. The van der Waals surface area contributed by atoms with E-state index in [9.17, 15) is 4.79 Å². The molecule has 2 aromatic rings. The molecule has 0 aliphatic rings. The second-order valence-corrected chi connectivity index (χ2v) is 4.22. The van der Waals surface area contributed by atoms with Gasteiger partial charge in [0.05, 0.1) is 0 Å². The Morgan fingerprint density at radius 1 is 1.05 bits per heavy atom. The van der Waals surface area contributed by atoms with Crippen molar-refractivity contribution >= 4 is 11.8 Å². The van der Waals surface area contributed by atoms with Crippen molar-refractivity contribution in [1.29, 1.82) is 0 Å². The van der Waals surface area contributed by atoms with Crippen LogP contribution in [0.15, 0.2) is 78.5 Å². The van der Waals surface area contributed by atoms with Crippen molar-refractivity contribution in [3.05, 3.63) is 84.4 Å². The minimum absolute atomic E-state index is 0.334. The van der Waals surface area contributed by atoms with Crippen molar-refractivity contribution in [1.82, 2.24) is 5.32 Å². The van der Waals surface area contributed by atoms with Gasteiger partial charge in [-0.25, -0.2) is 4.79 Å². The average Bonchev–Trinajstić information content (AvgIpc) is 2.55. The Hall–Kier alpha value is -2.88. The van der Waals surface area contributed by atoms with Crippen LogP contribution in [0.1, 0.15) is 11.1 Å². The topological polar surface area (TPSA) is 50.7 Å². The van der Waals surface area contributed by atoms with Gasteiger partial charge in [-0.3, -0.25) is 4.84 Å². The number of rotatable bonds is 5. The fourth-order valence-electron chi connectivity index (χ4n) is 1.74. The van der Waals surface area contributed by atoms with Gasteiger partial charge < -0.3 is 5.32 Å². The van der Waals surface area contributed by atoms with Crippen molar-refractivity contribution in [2.24, 2.45) is 5.16 Å². The Bertz CT molecular complexity index is 580. The van der Waals surface area contributed by atoms with Gasteiger partial charge in [0.15, 0.2) is 0 Å². The Balaban J connectivity index is 2.25. The van der Waals surface area contributed by atoms with Gasteiger partial charge in [0, 0.05) is 17.7 Å². The molecule has 4 nitrogen and oxygen atoms in total. The maximum absolute atomic E-state index is 11.5. The number of benzene rings is 2. The Kier molecular flexibility index (Phi) is 5.29. The van der Waals surface area contributed by atoms with Crippen molar-refractivity contribution < 1.29 is 9.63 Å². The number of carbonyl (C=O) groups excluding carboxylic acids is 1. The van der Waals surface area contributed by atoms with E-state index in [1.165, 1.54) is 0 Å². The first kappa shape index (κ1) is 14.5. The molecule has 106 valence electrons. The Labute approximate surface area is 123 Å².